The monoisotopic (exact) mass is 597 g/mol. The lowest BCUT2D eigenvalue weighted by molar-refractivity contribution is -0.629. The fourth-order valence-electron chi connectivity index (χ4n) is 3.51. The molecule has 0 aliphatic rings. The third-order valence-corrected chi connectivity index (χ3v) is 8.62. The van der Waals surface area contributed by atoms with Crippen molar-refractivity contribution in [3.63, 3.8) is 0 Å². The van der Waals surface area contributed by atoms with E-state index in [9.17, 15) is 26.2 Å². The average molecular weight is 598 g/mol. The van der Waals surface area contributed by atoms with Gasteiger partial charge in [-0.3, -0.25) is 9.35 Å². The Labute approximate surface area is 237 Å². The summed E-state index contributed by atoms with van der Waals surface area (Å²) in [6, 6.07) is 27.4. The molecule has 0 aliphatic carbocycles. The van der Waals surface area contributed by atoms with Gasteiger partial charge in [-0.25, -0.2) is 8.42 Å². The molecule has 5 aromatic rings. The second kappa shape index (κ2) is 13.1. The predicted octanol–water partition coefficient (Wildman–Crippen LogP) is 5.35. The normalized spacial score (nSPS) is 11.1. The van der Waals surface area contributed by atoms with E-state index in [1.54, 1.807) is 29.5 Å². The van der Waals surface area contributed by atoms with Gasteiger partial charge in [-0.15, -0.1) is 0 Å². The first-order chi connectivity index (χ1) is 18.8. The summed E-state index contributed by atoms with van der Waals surface area (Å²) in [5.41, 5.74) is 5.33. The van der Waals surface area contributed by atoms with E-state index in [-0.39, 0.29) is 9.79 Å². The molecule has 0 saturated heterocycles. The number of aryl methyl sites for hydroxylation is 3. The summed E-state index contributed by atoms with van der Waals surface area (Å²) in [6.07, 6.45) is 0.873. The molecular weight excluding hydrogens is 571 g/mol. The molecule has 5 rings (SSSR count). The molecule has 8 nitrogen and oxygen atoms in total. The van der Waals surface area contributed by atoms with E-state index in [4.69, 9.17) is 4.55 Å². The Morgan fingerprint density at radius 1 is 0.775 bits per heavy atom. The largest absolute Gasteiger partial charge is 0.744 e. The molecule has 0 bridgehead atoms. The van der Waals surface area contributed by atoms with Crippen LogP contribution in [0.15, 0.2) is 107 Å². The molecule has 40 heavy (non-hydrogen) atoms. The zero-order valence-corrected chi connectivity index (χ0v) is 24.3. The van der Waals surface area contributed by atoms with Gasteiger partial charge < -0.3 is 4.55 Å². The van der Waals surface area contributed by atoms with Crippen LogP contribution in [0.1, 0.15) is 21.5 Å². The van der Waals surface area contributed by atoms with Crippen molar-refractivity contribution in [2.24, 2.45) is 7.05 Å². The molecule has 1 aromatic heterocycles. The molecule has 4 aromatic carbocycles. The lowest BCUT2D eigenvalue weighted by atomic mass is 10.1. The minimum Gasteiger partial charge on any atom is -0.744 e. The van der Waals surface area contributed by atoms with Crippen molar-refractivity contribution in [2.75, 3.05) is 0 Å². The Kier molecular flexibility index (Phi) is 10.1. The molecule has 11 heteroatoms. The number of hydrogen-bond acceptors (Lipinski definition) is 7. The predicted molar refractivity (Wildman–Crippen MR) is 154 cm³/mol. The smallest absolute Gasteiger partial charge is 0.294 e. The average Bonchev–Trinajstić information content (AvgIpc) is 3.25. The van der Waals surface area contributed by atoms with Crippen LogP contribution in [0.3, 0.4) is 0 Å². The summed E-state index contributed by atoms with van der Waals surface area (Å²) in [4.78, 5) is 10.4. The number of nitrogens with zero attached hydrogens (tertiary/aromatic N) is 1. The van der Waals surface area contributed by atoms with Crippen molar-refractivity contribution >= 4 is 48.1 Å². The van der Waals surface area contributed by atoms with E-state index in [0.717, 1.165) is 17.4 Å². The van der Waals surface area contributed by atoms with Gasteiger partial charge in [0.1, 0.15) is 28.2 Å². The highest BCUT2D eigenvalue weighted by molar-refractivity contribution is 7.86. The Morgan fingerprint density at radius 2 is 1.35 bits per heavy atom. The molecule has 0 amide bonds. The Hall–Kier alpha value is -3.74. The van der Waals surface area contributed by atoms with Crippen LogP contribution in [0.2, 0.25) is 0 Å². The van der Waals surface area contributed by atoms with Gasteiger partial charge in [0.25, 0.3) is 15.1 Å². The first-order valence-electron chi connectivity index (χ1n) is 11.8. The van der Waals surface area contributed by atoms with Crippen molar-refractivity contribution in [3.8, 4) is 10.6 Å². The highest BCUT2D eigenvalue weighted by Gasteiger charge is 2.18. The van der Waals surface area contributed by atoms with Crippen LogP contribution in [-0.2, 0) is 27.3 Å². The molecule has 1 N–H and O–H groups in total. The number of carbonyl (C=O) groups is 1. The third-order valence-electron chi connectivity index (χ3n) is 5.63. The Morgan fingerprint density at radius 3 is 1.85 bits per heavy atom. The highest BCUT2D eigenvalue weighted by atomic mass is 32.2. The maximum Gasteiger partial charge on any atom is 0.294 e. The van der Waals surface area contributed by atoms with Gasteiger partial charge in [0.2, 0.25) is 5.52 Å². The highest BCUT2D eigenvalue weighted by Crippen LogP contribution is 2.28. The van der Waals surface area contributed by atoms with Crippen LogP contribution in [0, 0.1) is 13.8 Å². The number of carbonyl (C=O) groups excluding carboxylic acids is 1. The molecule has 1 heterocycles. The van der Waals surface area contributed by atoms with Gasteiger partial charge in [-0.1, -0.05) is 65.4 Å². The zero-order chi connectivity index (χ0) is 29.5. The molecular formula is C29H27NO7S3. The quantitative estimate of drug-likeness (QED) is 0.168. The lowest BCUT2D eigenvalue weighted by Crippen LogP contribution is -2.28. The summed E-state index contributed by atoms with van der Waals surface area (Å²) < 4.78 is 63.9. The minimum absolute atomic E-state index is 0.0666. The van der Waals surface area contributed by atoms with E-state index < -0.39 is 20.2 Å². The zero-order valence-electron chi connectivity index (χ0n) is 21.9. The van der Waals surface area contributed by atoms with Crippen molar-refractivity contribution in [1.82, 2.24) is 0 Å². The van der Waals surface area contributed by atoms with Gasteiger partial charge in [0.05, 0.1) is 15.4 Å². The number of hydrogen-bond donors (Lipinski definition) is 1. The van der Waals surface area contributed by atoms with Crippen molar-refractivity contribution < 1.29 is 35.3 Å². The first kappa shape index (κ1) is 30.8. The molecule has 0 radical (unpaired) electrons. The maximum atomic E-state index is 10.7. The summed E-state index contributed by atoms with van der Waals surface area (Å²) in [6.45, 7) is 3.95. The SMILES string of the molecule is Cc1ccc(S(=O)(=O)O)cc1.Cc1ccc2sc(-c3ccc(C=O)cc3)[n+](C)c2c1.O=S(=O)([O-])c1ccccc1. The summed E-state index contributed by atoms with van der Waals surface area (Å²) >= 11 is 1.77. The number of aldehydes is 1. The number of thiazole rings is 1. The van der Waals surface area contributed by atoms with Crippen LogP contribution >= 0.6 is 11.3 Å². The number of fused-ring (bicyclic) bond motifs is 1. The van der Waals surface area contributed by atoms with Crippen LogP contribution in [0.4, 0.5) is 0 Å². The Balaban J connectivity index is 0.000000180. The fourth-order valence-corrected chi connectivity index (χ4v) is 5.62. The van der Waals surface area contributed by atoms with E-state index in [0.29, 0.717) is 5.56 Å². The second-order valence-electron chi connectivity index (χ2n) is 8.73. The summed E-state index contributed by atoms with van der Waals surface area (Å²) in [5.74, 6) is 0. The maximum absolute atomic E-state index is 10.7. The van der Waals surface area contributed by atoms with Gasteiger partial charge >= 0.3 is 0 Å². The van der Waals surface area contributed by atoms with E-state index in [2.05, 4.69) is 36.7 Å². The molecule has 0 fully saturated rings. The molecule has 0 atom stereocenters. The van der Waals surface area contributed by atoms with E-state index in [1.807, 2.05) is 31.2 Å². The Bertz CT molecular complexity index is 1810. The number of aromatic nitrogens is 1. The van der Waals surface area contributed by atoms with Crippen LogP contribution < -0.4 is 4.57 Å². The van der Waals surface area contributed by atoms with Gasteiger partial charge in [-0.2, -0.15) is 13.0 Å². The van der Waals surface area contributed by atoms with Crippen LogP contribution in [0.25, 0.3) is 20.8 Å². The van der Waals surface area contributed by atoms with Crippen molar-refractivity contribution in [2.45, 2.75) is 23.6 Å². The van der Waals surface area contributed by atoms with Gasteiger partial charge in [0, 0.05) is 11.6 Å². The molecule has 0 saturated carbocycles. The van der Waals surface area contributed by atoms with Gasteiger partial charge in [-0.05, 0) is 61.9 Å². The van der Waals surface area contributed by atoms with E-state index >= 15 is 0 Å². The lowest BCUT2D eigenvalue weighted by Gasteiger charge is -2.04. The first-order valence-corrected chi connectivity index (χ1v) is 15.5. The summed E-state index contributed by atoms with van der Waals surface area (Å²) in [7, 11) is -6.19. The van der Waals surface area contributed by atoms with Gasteiger partial charge in [0.15, 0.2) is 0 Å². The number of rotatable bonds is 4. The molecule has 0 unspecified atom stereocenters. The molecule has 0 aliphatic heterocycles. The van der Waals surface area contributed by atoms with Crippen LogP contribution in [0.5, 0.6) is 0 Å². The fraction of sp³-hybridized carbons (Fsp3) is 0.103. The molecule has 0 spiro atoms. The van der Waals surface area contributed by atoms with Crippen molar-refractivity contribution in [1.29, 1.82) is 0 Å². The van der Waals surface area contributed by atoms with Crippen LogP contribution in [-0.4, -0.2) is 32.2 Å². The second-order valence-corrected chi connectivity index (χ2v) is 12.6. The van der Waals surface area contributed by atoms with E-state index in [1.165, 1.54) is 57.2 Å². The molecule has 208 valence electrons. The number of benzene rings is 4. The minimum atomic E-state index is -4.25. The summed E-state index contributed by atoms with van der Waals surface area (Å²) in [5, 5.41) is 1.21. The third kappa shape index (κ3) is 8.38. The topological polar surface area (TPSA) is 133 Å². The standard InChI is InChI=1S/C16H14NOS.C7H8O3S.C6H6O3S/c1-11-3-8-15-14(9-11)17(2)16(19-15)13-6-4-12(10-18)5-7-13;1-6-2-4-7(5-3-6)11(8,9)10;7-10(8,9)6-4-2-1-3-5-6/h3-10H,1-2H3;2-5H,1H3,(H,8,9,10);1-5H,(H,7,8,9)/q+1;;/p-1. The van der Waals surface area contributed by atoms with Crippen molar-refractivity contribution in [3.05, 3.63) is 114 Å².